The average molecular weight is 467 g/mol. The third kappa shape index (κ3) is 9.59. The number of benzene rings is 1. The molecule has 0 saturated carbocycles. The predicted molar refractivity (Wildman–Crippen MR) is 127 cm³/mol. The Morgan fingerprint density at radius 3 is 2.64 bits per heavy atom. The molecule has 0 radical (unpaired) electrons. The lowest BCUT2D eigenvalue weighted by atomic mass is 10.1. The molecule has 33 heavy (non-hydrogen) atoms. The van der Waals surface area contributed by atoms with Crippen molar-refractivity contribution >= 4 is 5.91 Å². The molecule has 3 atom stereocenters. The summed E-state index contributed by atoms with van der Waals surface area (Å²) in [6.45, 7) is 8.15. The molecule has 1 fully saturated rings. The van der Waals surface area contributed by atoms with Gasteiger partial charge in [0.15, 0.2) is 0 Å². The number of nitrogens with zero attached hydrogens (tertiary/aromatic N) is 2. The van der Waals surface area contributed by atoms with Crippen LogP contribution in [0, 0.1) is 0 Å². The van der Waals surface area contributed by atoms with Gasteiger partial charge in [-0.1, -0.05) is 25.1 Å². The minimum absolute atomic E-state index is 0.0347. The van der Waals surface area contributed by atoms with E-state index in [9.17, 15) is 15.0 Å². The van der Waals surface area contributed by atoms with Gasteiger partial charge in [-0.25, -0.2) is 0 Å². The highest BCUT2D eigenvalue weighted by atomic mass is 16.5. The summed E-state index contributed by atoms with van der Waals surface area (Å²) in [5.74, 6) is 0.846. The first kappa shape index (κ1) is 27.5. The highest BCUT2D eigenvalue weighted by Crippen LogP contribution is 2.21. The molecule has 2 rings (SSSR count). The van der Waals surface area contributed by atoms with Gasteiger partial charge in [0.05, 0.1) is 13.2 Å². The van der Waals surface area contributed by atoms with E-state index in [4.69, 9.17) is 14.2 Å². The number of ether oxygens (including phenoxy) is 3. The number of hydrogen-bond acceptors (Lipinski definition) is 7. The van der Waals surface area contributed by atoms with Gasteiger partial charge in [0, 0.05) is 52.4 Å². The molecule has 0 spiro atoms. The molecule has 0 bridgehead atoms. The Hall–Kier alpha value is -1.71. The summed E-state index contributed by atoms with van der Waals surface area (Å²) >= 11 is 0. The van der Waals surface area contributed by atoms with Crippen LogP contribution in [-0.4, -0.2) is 97.3 Å². The van der Waals surface area contributed by atoms with Crippen LogP contribution in [0.4, 0.5) is 0 Å². The molecule has 1 amide bonds. The van der Waals surface area contributed by atoms with Crippen LogP contribution in [0.15, 0.2) is 24.3 Å². The van der Waals surface area contributed by atoms with Gasteiger partial charge in [-0.15, -0.1) is 0 Å². The molecule has 188 valence electrons. The van der Waals surface area contributed by atoms with Gasteiger partial charge in [0.25, 0.3) is 0 Å². The van der Waals surface area contributed by atoms with Crippen LogP contribution < -0.4 is 4.74 Å². The fourth-order valence-electron chi connectivity index (χ4n) is 3.99. The van der Waals surface area contributed by atoms with Crippen LogP contribution in [0.1, 0.15) is 45.1 Å². The molecule has 8 heteroatoms. The zero-order chi connectivity index (χ0) is 24.1. The summed E-state index contributed by atoms with van der Waals surface area (Å²) in [6.07, 6.45) is 0.696. The molecule has 1 aromatic rings. The number of carbonyl (C=O) groups excluding carboxylic acids is 1. The Labute approximate surface area is 198 Å². The van der Waals surface area contributed by atoms with Gasteiger partial charge < -0.3 is 29.3 Å². The summed E-state index contributed by atoms with van der Waals surface area (Å²) in [5.41, 5.74) is 1.16. The van der Waals surface area contributed by atoms with Crippen molar-refractivity contribution in [3.05, 3.63) is 29.8 Å². The van der Waals surface area contributed by atoms with E-state index in [0.717, 1.165) is 56.6 Å². The first-order chi connectivity index (χ1) is 16.0. The zero-order valence-electron chi connectivity index (χ0n) is 20.4. The normalized spacial score (nSPS) is 24.6. The van der Waals surface area contributed by atoms with E-state index in [2.05, 4.69) is 17.9 Å². The minimum atomic E-state index is -1.13. The molecule has 1 saturated heterocycles. The molecule has 1 heterocycles. The lowest BCUT2D eigenvalue weighted by Gasteiger charge is -2.31. The minimum Gasteiger partial charge on any atom is -0.493 e. The van der Waals surface area contributed by atoms with Gasteiger partial charge in [-0.3, -0.25) is 9.69 Å². The number of hydrogen-bond donors (Lipinski definition) is 2. The van der Waals surface area contributed by atoms with Crippen molar-refractivity contribution in [3.63, 3.8) is 0 Å². The summed E-state index contributed by atoms with van der Waals surface area (Å²) in [4.78, 5) is 16.3. The van der Waals surface area contributed by atoms with E-state index in [1.54, 1.807) is 4.90 Å². The van der Waals surface area contributed by atoms with Crippen LogP contribution in [-0.2, 0) is 20.8 Å². The van der Waals surface area contributed by atoms with Gasteiger partial charge >= 0.3 is 0 Å². The molecule has 1 aliphatic rings. The van der Waals surface area contributed by atoms with E-state index in [0.29, 0.717) is 19.8 Å². The number of aliphatic hydroxyl groups excluding tert-OH is 2. The number of amides is 1. The van der Waals surface area contributed by atoms with Crippen LogP contribution in [0.3, 0.4) is 0 Å². The van der Waals surface area contributed by atoms with E-state index < -0.39 is 18.3 Å². The quantitative estimate of drug-likeness (QED) is 0.663. The van der Waals surface area contributed by atoms with Crippen molar-refractivity contribution in [3.8, 4) is 5.75 Å². The predicted octanol–water partition coefficient (Wildman–Crippen LogP) is 2.06. The largest absolute Gasteiger partial charge is 0.493 e. The third-order valence-electron chi connectivity index (χ3n) is 5.96. The van der Waals surface area contributed by atoms with Crippen molar-refractivity contribution in [2.45, 2.75) is 64.4 Å². The smallest absolute Gasteiger partial charge is 0.219 e. The van der Waals surface area contributed by atoms with E-state index >= 15 is 0 Å². The number of para-hydroxylation sites is 1. The van der Waals surface area contributed by atoms with Crippen LogP contribution in [0.2, 0.25) is 0 Å². The van der Waals surface area contributed by atoms with Crippen molar-refractivity contribution < 1.29 is 29.2 Å². The van der Waals surface area contributed by atoms with Gasteiger partial charge in [-0.05, 0) is 38.3 Å². The summed E-state index contributed by atoms with van der Waals surface area (Å²) < 4.78 is 16.9. The summed E-state index contributed by atoms with van der Waals surface area (Å²) in [5, 5.41) is 20.8. The molecule has 1 aromatic carbocycles. The van der Waals surface area contributed by atoms with Gasteiger partial charge in [0.2, 0.25) is 5.91 Å². The first-order valence-corrected chi connectivity index (χ1v) is 12.1. The zero-order valence-corrected chi connectivity index (χ0v) is 20.4. The van der Waals surface area contributed by atoms with Crippen LogP contribution >= 0.6 is 0 Å². The molecule has 0 aliphatic carbocycles. The highest BCUT2D eigenvalue weighted by Gasteiger charge is 2.29. The Balaban J connectivity index is 2.10. The van der Waals surface area contributed by atoms with Crippen LogP contribution in [0.5, 0.6) is 5.75 Å². The van der Waals surface area contributed by atoms with E-state index in [-0.39, 0.29) is 19.1 Å². The van der Waals surface area contributed by atoms with Crippen molar-refractivity contribution in [1.29, 1.82) is 0 Å². The number of carbonyl (C=O) groups is 1. The molecule has 0 unspecified atom stereocenters. The van der Waals surface area contributed by atoms with Crippen molar-refractivity contribution in [2.75, 3.05) is 53.1 Å². The monoisotopic (exact) mass is 466 g/mol. The summed E-state index contributed by atoms with van der Waals surface area (Å²) in [6, 6.07) is 8.16. The average Bonchev–Trinajstić information content (AvgIpc) is 2.81. The maximum atomic E-state index is 12.2. The Morgan fingerprint density at radius 2 is 1.91 bits per heavy atom. The Bertz CT molecular complexity index is 689. The maximum absolute atomic E-state index is 12.2. The van der Waals surface area contributed by atoms with E-state index in [1.807, 2.05) is 18.2 Å². The lowest BCUT2D eigenvalue weighted by molar-refractivity contribution is -0.136. The van der Waals surface area contributed by atoms with E-state index in [1.165, 1.54) is 14.0 Å². The SMILES string of the molecule is CCCOc1ccccc1CN1CCCCOC[C@H](O)[C@H](O)[C@@H](OC)CN(C(C)=O)CCC1. The highest BCUT2D eigenvalue weighted by molar-refractivity contribution is 5.73. The Morgan fingerprint density at radius 1 is 1.15 bits per heavy atom. The lowest BCUT2D eigenvalue weighted by Crippen LogP contribution is -2.48. The molecular formula is C25H42N2O6. The first-order valence-electron chi connectivity index (χ1n) is 12.1. The number of methoxy groups -OCH3 is 1. The molecule has 1 aliphatic heterocycles. The standard InChI is InChI=1S/C25H42N2O6/c1-4-15-33-23-11-6-5-10-21(23)17-26-12-7-8-16-32-19-22(29)25(30)24(31-3)18-27(20(2)28)14-9-13-26/h5-6,10-11,22,24-25,29-30H,4,7-9,12-19H2,1-3H3/t22-,24-,25-/m0/s1. The second-order valence-electron chi connectivity index (χ2n) is 8.67. The molecular weight excluding hydrogens is 424 g/mol. The second-order valence-corrected chi connectivity index (χ2v) is 8.67. The molecule has 8 nitrogen and oxygen atoms in total. The fourth-order valence-corrected chi connectivity index (χ4v) is 3.99. The van der Waals surface area contributed by atoms with Crippen molar-refractivity contribution in [1.82, 2.24) is 9.80 Å². The number of rotatable bonds is 6. The fraction of sp³-hybridized carbons (Fsp3) is 0.720. The van der Waals surface area contributed by atoms with Gasteiger partial charge in [0.1, 0.15) is 24.1 Å². The molecule has 2 N–H and O–H groups in total. The molecule has 0 aromatic heterocycles. The maximum Gasteiger partial charge on any atom is 0.219 e. The topological polar surface area (TPSA) is 91.7 Å². The van der Waals surface area contributed by atoms with Crippen LogP contribution in [0.25, 0.3) is 0 Å². The van der Waals surface area contributed by atoms with Gasteiger partial charge in [-0.2, -0.15) is 0 Å². The summed E-state index contributed by atoms with van der Waals surface area (Å²) in [7, 11) is 1.48. The third-order valence-corrected chi connectivity index (χ3v) is 5.96. The number of aliphatic hydroxyl groups is 2. The second kappa shape index (κ2) is 15.2. The van der Waals surface area contributed by atoms with Crippen molar-refractivity contribution in [2.24, 2.45) is 0 Å². The Kier molecular flexibility index (Phi) is 12.7.